The second kappa shape index (κ2) is 6.77. The molecule has 2 aliphatic heterocycles. The number of carbonyl (C=O) groups is 1. The van der Waals surface area contributed by atoms with Crippen LogP contribution in [-0.2, 0) is 16.0 Å². The normalized spacial score (nSPS) is 25.0. The molecule has 6 heteroatoms. The van der Waals surface area contributed by atoms with E-state index in [0.717, 1.165) is 56.3 Å². The number of aromatic nitrogens is 2. The SMILES string of the molecule is Cc1cccn2cc(CC(=O)N3C[C@H](C)[C@@H](N4CCOCC4)C3)nc12. The van der Waals surface area contributed by atoms with Crippen molar-refractivity contribution in [3.63, 3.8) is 0 Å². The van der Waals surface area contributed by atoms with Gasteiger partial charge < -0.3 is 14.0 Å². The van der Waals surface area contributed by atoms with Gasteiger partial charge in [-0.1, -0.05) is 13.0 Å². The maximum absolute atomic E-state index is 12.8. The van der Waals surface area contributed by atoms with Gasteiger partial charge in [-0.25, -0.2) is 4.98 Å². The van der Waals surface area contributed by atoms with E-state index in [1.165, 1.54) is 0 Å². The number of rotatable bonds is 3. The first-order chi connectivity index (χ1) is 12.1. The molecule has 0 N–H and O–H groups in total. The second-order valence-electron chi connectivity index (χ2n) is 7.32. The molecular formula is C19H26N4O2. The number of amides is 1. The molecule has 2 saturated heterocycles. The number of imidazole rings is 1. The first-order valence-corrected chi connectivity index (χ1v) is 9.14. The van der Waals surface area contributed by atoms with Crippen molar-refractivity contribution in [3.05, 3.63) is 35.8 Å². The molecule has 4 rings (SSSR count). The summed E-state index contributed by atoms with van der Waals surface area (Å²) in [6.45, 7) is 9.52. The number of hydrogen-bond acceptors (Lipinski definition) is 4. The average Bonchev–Trinajstić information content (AvgIpc) is 3.20. The number of carbonyl (C=O) groups excluding carboxylic acids is 1. The Morgan fingerprint density at radius 1 is 1.32 bits per heavy atom. The standard InChI is InChI=1S/C19H26N4O2/c1-14-4-3-5-22-12-16(20-19(14)22)10-18(24)23-11-15(2)17(13-23)21-6-8-25-9-7-21/h3-5,12,15,17H,6-11,13H2,1-2H3/t15-,17-/m0/s1. The Kier molecular flexibility index (Phi) is 4.48. The third-order valence-corrected chi connectivity index (χ3v) is 5.50. The molecular weight excluding hydrogens is 316 g/mol. The summed E-state index contributed by atoms with van der Waals surface area (Å²) in [4.78, 5) is 21.9. The first kappa shape index (κ1) is 16.5. The molecule has 25 heavy (non-hydrogen) atoms. The van der Waals surface area contributed by atoms with Crippen LogP contribution in [0.15, 0.2) is 24.5 Å². The lowest BCUT2D eigenvalue weighted by Gasteiger charge is -2.33. The monoisotopic (exact) mass is 342 g/mol. The summed E-state index contributed by atoms with van der Waals surface area (Å²) in [5.74, 6) is 0.689. The minimum atomic E-state index is 0.184. The van der Waals surface area contributed by atoms with Gasteiger partial charge in [0, 0.05) is 44.6 Å². The summed E-state index contributed by atoms with van der Waals surface area (Å²) in [5.41, 5.74) is 2.91. The van der Waals surface area contributed by atoms with Crippen molar-refractivity contribution in [2.75, 3.05) is 39.4 Å². The van der Waals surface area contributed by atoms with Crippen LogP contribution in [0.1, 0.15) is 18.2 Å². The Hall–Kier alpha value is -1.92. The lowest BCUT2D eigenvalue weighted by Crippen LogP contribution is -2.47. The predicted molar refractivity (Wildman–Crippen MR) is 95.6 cm³/mol. The molecule has 4 heterocycles. The number of nitrogens with zero attached hydrogens (tertiary/aromatic N) is 4. The van der Waals surface area contributed by atoms with Crippen molar-refractivity contribution in [2.24, 2.45) is 5.92 Å². The van der Waals surface area contributed by atoms with E-state index in [1.54, 1.807) is 0 Å². The van der Waals surface area contributed by atoms with Gasteiger partial charge in [0.25, 0.3) is 0 Å². The number of aryl methyl sites for hydroxylation is 1. The van der Waals surface area contributed by atoms with Gasteiger partial charge in [0.05, 0.1) is 25.3 Å². The highest BCUT2D eigenvalue weighted by Crippen LogP contribution is 2.23. The fourth-order valence-corrected chi connectivity index (χ4v) is 4.09. The van der Waals surface area contributed by atoms with E-state index in [1.807, 2.05) is 40.8 Å². The highest BCUT2D eigenvalue weighted by Gasteiger charge is 2.36. The van der Waals surface area contributed by atoms with Crippen LogP contribution >= 0.6 is 0 Å². The molecule has 2 atom stereocenters. The maximum Gasteiger partial charge on any atom is 0.228 e. The van der Waals surface area contributed by atoms with Crippen LogP contribution in [0.4, 0.5) is 0 Å². The minimum Gasteiger partial charge on any atom is -0.379 e. The molecule has 1 amide bonds. The predicted octanol–water partition coefficient (Wildman–Crippen LogP) is 1.36. The Balaban J connectivity index is 1.43. The summed E-state index contributed by atoms with van der Waals surface area (Å²) in [6.07, 6.45) is 4.33. The van der Waals surface area contributed by atoms with Crippen LogP contribution in [-0.4, -0.2) is 70.5 Å². The number of fused-ring (bicyclic) bond motifs is 1. The summed E-state index contributed by atoms with van der Waals surface area (Å²) in [6, 6.07) is 4.50. The summed E-state index contributed by atoms with van der Waals surface area (Å²) < 4.78 is 7.45. The minimum absolute atomic E-state index is 0.184. The zero-order chi connectivity index (χ0) is 17.4. The number of likely N-dealkylation sites (tertiary alicyclic amines) is 1. The number of ether oxygens (including phenoxy) is 1. The van der Waals surface area contributed by atoms with E-state index in [9.17, 15) is 4.79 Å². The average molecular weight is 342 g/mol. The molecule has 6 nitrogen and oxygen atoms in total. The van der Waals surface area contributed by atoms with E-state index in [-0.39, 0.29) is 5.91 Å². The topological polar surface area (TPSA) is 50.1 Å². The maximum atomic E-state index is 12.8. The van der Waals surface area contributed by atoms with Crippen LogP contribution in [0.5, 0.6) is 0 Å². The van der Waals surface area contributed by atoms with Crippen LogP contribution in [0.25, 0.3) is 5.65 Å². The van der Waals surface area contributed by atoms with Gasteiger partial charge >= 0.3 is 0 Å². The number of morpholine rings is 1. The van der Waals surface area contributed by atoms with E-state index in [4.69, 9.17) is 4.74 Å². The largest absolute Gasteiger partial charge is 0.379 e. The smallest absolute Gasteiger partial charge is 0.228 e. The fraction of sp³-hybridized carbons (Fsp3) is 0.579. The summed E-state index contributed by atoms with van der Waals surface area (Å²) in [5, 5.41) is 0. The Morgan fingerprint density at radius 2 is 2.12 bits per heavy atom. The molecule has 2 aromatic heterocycles. The number of pyridine rings is 1. The van der Waals surface area contributed by atoms with Gasteiger partial charge in [0.2, 0.25) is 5.91 Å². The molecule has 2 aromatic rings. The lowest BCUT2D eigenvalue weighted by atomic mass is 10.0. The molecule has 0 aliphatic carbocycles. The fourth-order valence-electron chi connectivity index (χ4n) is 4.09. The van der Waals surface area contributed by atoms with E-state index in [2.05, 4.69) is 16.8 Å². The zero-order valence-electron chi connectivity index (χ0n) is 15.0. The quantitative estimate of drug-likeness (QED) is 0.845. The molecule has 2 aliphatic rings. The van der Waals surface area contributed by atoms with E-state index in [0.29, 0.717) is 18.4 Å². The highest BCUT2D eigenvalue weighted by atomic mass is 16.5. The van der Waals surface area contributed by atoms with Crippen molar-refractivity contribution < 1.29 is 9.53 Å². The summed E-state index contributed by atoms with van der Waals surface area (Å²) in [7, 11) is 0. The molecule has 0 bridgehead atoms. The van der Waals surface area contributed by atoms with Crippen LogP contribution in [0.3, 0.4) is 0 Å². The van der Waals surface area contributed by atoms with Crippen molar-refractivity contribution in [2.45, 2.75) is 26.3 Å². The van der Waals surface area contributed by atoms with Crippen molar-refractivity contribution in [1.82, 2.24) is 19.2 Å². The molecule has 0 radical (unpaired) electrons. The highest BCUT2D eigenvalue weighted by molar-refractivity contribution is 5.79. The van der Waals surface area contributed by atoms with Gasteiger partial charge in [0.15, 0.2) is 0 Å². The van der Waals surface area contributed by atoms with Gasteiger partial charge in [-0.15, -0.1) is 0 Å². The van der Waals surface area contributed by atoms with Crippen molar-refractivity contribution in [3.8, 4) is 0 Å². The van der Waals surface area contributed by atoms with Crippen LogP contribution < -0.4 is 0 Å². The summed E-state index contributed by atoms with van der Waals surface area (Å²) >= 11 is 0. The first-order valence-electron chi connectivity index (χ1n) is 9.14. The van der Waals surface area contributed by atoms with Crippen LogP contribution in [0, 0.1) is 12.8 Å². The van der Waals surface area contributed by atoms with Crippen molar-refractivity contribution >= 4 is 11.6 Å². The third-order valence-electron chi connectivity index (χ3n) is 5.50. The van der Waals surface area contributed by atoms with Crippen molar-refractivity contribution in [1.29, 1.82) is 0 Å². The Labute approximate surface area is 148 Å². The van der Waals surface area contributed by atoms with Gasteiger partial charge in [0.1, 0.15) is 5.65 Å². The lowest BCUT2D eigenvalue weighted by molar-refractivity contribution is -0.129. The Bertz CT molecular complexity index is 766. The molecule has 0 spiro atoms. The molecule has 0 aromatic carbocycles. The van der Waals surface area contributed by atoms with Crippen LogP contribution in [0.2, 0.25) is 0 Å². The zero-order valence-corrected chi connectivity index (χ0v) is 15.0. The van der Waals surface area contributed by atoms with E-state index >= 15 is 0 Å². The molecule has 0 saturated carbocycles. The van der Waals surface area contributed by atoms with Gasteiger partial charge in [-0.3, -0.25) is 9.69 Å². The van der Waals surface area contributed by atoms with E-state index < -0.39 is 0 Å². The third kappa shape index (κ3) is 3.28. The van der Waals surface area contributed by atoms with Gasteiger partial charge in [-0.2, -0.15) is 0 Å². The second-order valence-corrected chi connectivity index (χ2v) is 7.32. The van der Waals surface area contributed by atoms with Gasteiger partial charge in [-0.05, 0) is 24.5 Å². The number of hydrogen-bond donors (Lipinski definition) is 0. The molecule has 0 unspecified atom stereocenters. The molecule has 134 valence electrons. The Morgan fingerprint density at radius 3 is 2.88 bits per heavy atom. The molecule has 2 fully saturated rings.